The van der Waals surface area contributed by atoms with Gasteiger partial charge >= 0.3 is 29.6 Å². The zero-order valence-electron chi connectivity index (χ0n) is 17.6. The van der Waals surface area contributed by atoms with Crippen molar-refractivity contribution in [2.45, 2.75) is 50.0 Å². The van der Waals surface area contributed by atoms with Gasteiger partial charge < -0.3 is 20.5 Å². The predicted octanol–water partition coefficient (Wildman–Crippen LogP) is -0.874. The van der Waals surface area contributed by atoms with E-state index >= 15 is 0 Å². The van der Waals surface area contributed by atoms with Crippen LogP contribution >= 0.6 is 0 Å². The third-order valence-corrected chi connectivity index (χ3v) is 7.41. The second kappa shape index (κ2) is 8.74. The quantitative estimate of drug-likeness (QED) is 0.579. The number of carbonyl (C=O) groups excluding carboxylic acids is 1. The van der Waals surface area contributed by atoms with E-state index in [1.54, 1.807) is 0 Å². The van der Waals surface area contributed by atoms with Crippen LogP contribution in [0.15, 0.2) is 17.2 Å². The van der Waals surface area contributed by atoms with Gasteiger partial charge in [0.25, 0.3) is 0 Å². The number of hydrogen-bond donors (Lipinski definition) is 2. The Morgan fingerprint density at radius 3 is 2.55 bits per heavy atom. The van der Waals surface area contributed by atoms with E-state index in [1.165, 1.54) is 22.0 Å². The van der Waals surface area contributed by atoms with Crippen LogP contribution in [0.3, 0.4) is 0 Å². The molecule has 160 valence electrons. The maximum Gasteiger partial charge on any atom is 1.00 e. The molecule has 2 aliphatic carbocycles. The Bertz CT molecular complexity index is 1100. The van der Waals surface area contributed by atoms with Crippen molar-refractivity contribution in [3.63, 3.8) is 0 Å². The Labute approximate surface area is 203 Å². The Hall–Kier alpha value is -1.59. The van der Waals surface area contributed by atoms with Gasteiger partial charge in [0.05, 0.1) is 19.3 Å². The van der Waals surface area contributed by atoms with E-state index in [0.717, 1.165) is 55.3 Å². The third-order valence-electron chi connectivity index (χ3n) is 6.17. The molecular weight excluding hydrogens is 429 g/mol. The fraction of sp³-hybridized carbons (Fsp3) is 0.500. The van der Waals surface area contributed by atoms with Crippen LogP contribution in [0.4, 0.5) is 10.5 Å². The van der Waals surface area contributed by atoms with Crippen molar-refractivity contribution in [1.29, 1.82) is 0 Å². The molecule has 0 bridgehead atoms. The molecule has 5 rings (SSSR count). The summed E-state index contributed by atoms with van der Waals surface area (Å²) in [5.41, 5.74) is 11.2. The SMILES string of the molecule is NCC1COc2c(S(=O)(=O)[N-]C(=O)Nc3c4c(cc5c3CCC5)CCC4)cnn2C1.[Na+]. The van der Waals surface area contributed by atoms with E-state index < -0.39 is 16.1 Å². The third kappa shape index (κ3) is 4.11. The molecule has 11 heteroatoms. The fourth-order valence-corrected chi connectivity index (χ4v) is 5.63. The molecule has 9 nitrogen and oxygen atoms in total. The topological polar surface area (TPSA) is 130 Å². The molecule has 2 aromatic rings. The summed E-state index contributed by atoms with van der Waals surface area (Å²) in [6.45, 7) is 1.19. The number of amides is 2. The molecule has 0 spiro atoms. The van der Waals surface area contributed by atoms with E-state index in [0.29, 0.717) is 19.7 Å². The van der Waals surface area contributed by atoms with E-state index in [1.807, 2.05) is 0 Å². The predicted molar refractivity (Wildman–Crippen MR) is 110 cm³/mol. The first kappa shape index (κ1) is 22.6. The zero-order valence-corrected chi connectivity index (χ0v) is 20.4. The summed E-state index contributed by atoms with van der Waals surface area (Å²) in [5.74, 6) is 0.174. The summed E-state index contributed by atoms with van der Waals surface area (Å²) in [6, 6.07) is 1.36. The fourth-order valence-electron chi connectivity index (χ4n) is 4.70. The van der Waals surface area contributed by atoms with Gasteiger partial charge in [-0.25, -0.2) is 13.1 Å². The Kier molecular flexibility index (Phi) is 6.37. The van der Waals surface area contributed by atoms with Crippen molar-refractivity contribution in [3.8, 4) is 5.88 Å². The number of nitrogens with one attached hydrogen (secondary N) is 1. The van der Waals surface area contributed by atoms with Gasteiger partial charge in [0.1, 0.15) is 0 Å². The number of hydrogen-bond acceptors (Lipinski definition) is 6. The van der Waals surface area contributed by atoms with Gasteiger partial charge in [0.2, 0.25) is 15.9 Å². The molecule has 0 radical (unpaired) electrons. The molecule has 2 amide bonds. The van der Waals surface area contributed by atoms with Gasteiger partial charge in [-0.15, -0.1) is 0 Å². The number of rotatable bonds is 4. The monoisotopic (exact) mass is 453 g/mol. The second-order valence-corrected chi connectivity index (χ2v) is 9.71. The van der Waals surface area contributed by atoms with Crippen molar-refractivity contribution in [2.24, 2.45) is 11.7 Å². The number of ether oxygens (including phenoxy) is 1. The molecule has 1 aliphatic heterocycles. The zero-order chi connectivity index (χ0) is 20.9. The van der Waals surface area contributed by atoms with E-state index in [2.05, 4.69) is 21.2 Å². The van der Waals surface area contributed by atoms with E-state index in [-0.39, 0.29) is 46.3 Å². The number of fused-ring (bicyclic) bond motifs is 3. The molecular formula is C20H24N5NaO4S. The normalized spacial score (nSPS) is 18.9. The van der Waals surface area contributed by atoms with Crippen LogP contribution in [-0.2, 0) is 42.3 Å². The molecule has 0 fully saturated rings. The Morgan fingerprint density at radius 1 is 1.23 bits per heavy atom. The summed E-state index contributed by atoms with van der Waals surface area (Å²) >= 11 is 0. The summed E-state index contributed by atoms with van der Waals surface area (Å²) in [6.07, 6.45) is 7.02. The molecule has 0 saturated carbocycles. The number of nitrogens with zero attached hydrogens (tertiary/aromatic N) is 3. The van der Waals surface area contributed by atoms with Gasteiger partial charge in [-0.3, -0.25) is 4.79 Å². The van der Waals surface area contributed by atoms with E-state index in [9.17, 15) is 13.2 Å². The second-order valence-electron chi connectivity index (χ2n) is 8.14. The van der Waals surface area contributed by atoms with Gasteiger partial charge in [-0.2, -0.15) is 5.10 Å². The minimum atomic E-state index is -4.26. The largest absolute Gasteiger partial charge is 1.00 e. The van der Waals surface area contributed by atoms with Crippen LogP contribution in [-0.4, -0.2) is 37.4 Å². The molecule has 31 heavy (non-hydrogen) atoms. The molecule has 1 unspecified atom stereocenters. The summed E-state index contributed by atoms with van der Waals surface area (Å²) < 4.78 is 36.1. The minimum absolute atomic E-state index is 0. The first-order valence-electron chi connectivity index (χ1n) is 10.3. The van der Waals surface area contributed by atoms with Gasteiger partial charge in [0, 0.05) is 12.5 Å². The molecule has 2 heterocycles. The number of benzene rings is 1. The van der Waals surface area contributed by atoms with Crippen LogP contribution in [0.25, 0.3) is 4.72 Å². The number of aromatic nitrogens is 2. The molecule has 1 aromatic heterocycles. The Balaban J connectivity index is 0.00000231. The maximum absolute atomic E-state index is 12.8. The first-order valence-corrected chi connectivity index (χ1v) is 11.7. The molecule has 0 saturated heterocycles. The number of nitrogens with two attached hydrogens (primary N) is 1. The van der Waals surface area contributed by atoms with Crippen LogP contribution < -0.4 is 45.3 Å². The number of aryl methyl sites for hydroxylation is 2. The maximum atomic E-state index is 12.8. The number of anilines is 1. The van der Waals surface area contributed by atoms with Crippen molar-refractivity contribution >= 4 is 21.7 Å². The number of urea groups is 1. The van der Waals surface area contributed by atoms with E-state index in [4.69, 9.17) is 10.5 Å². The number of carbonyl (C=O) groups is 1. The molecule has 3 N–H and O–H groups in total. The minimum Gasteiger partial charge on any atom is -0.476 e. The van der Waals surface area contributed by atoms with Gasteiger partial charge in [-0.1, -0.05) is 6.07 Å². The van der Waals surface area contributed by atoms with Gasteiger partial charge in [0.15, 0.2) is 10.9 Å². The van der Waals surface area contributed by atoms with Crippen molar-refractivity contribution < 1.29 is 47.5 Å². The summed E-state index contributed by atoms with van der Waals surface area (Å²) in [4.78, 5) is 12.5. The van der Waals surface area contributed by atoms with Crippen molar-refractivity contribution in [3.05, 3.63) is 39.2 Å². The van der Waals surface area contributed by atoms with Crippen LogP contribution in [0, 0.1) is 5.92 Å². The smallest absolute Gasteiger partial charge is 0.476 e. The van der Waals surface area contributed by atoms with Crippen LogP contribution in [0.5, 0.6) is 5.88 Å². The average Bonchev–Trinajstić information content (AvgIpc) is 3.45. The molecule has 1 atom stereocenters. The van der Waals surface area contributed by atoms with Crippen LogP contribution in [0.2, 0.25) is 0 Å². The summed E-state index contributed by atoms with van der Waals surface area (Å²) in [7, 11) is -4.26. The first-order chi connectivity index (χ1) is 14.5. The average molecular weight is 454 g/mol. The number of sulfonamides is 1. The van der Waals surface area contributed by atoms with Crippen molar-refractivity contribution in [2.75, 3.05) is 18.5 Å². The molecule has 1 aromatic carbocycles. The summed E-state index contributed by atoms with van der Waals surface area (Å²) in [5, 5.41) is 6.86. The Morgan fingerprint density at radius 2 is 1.90 bits per heavy atom. The standard InChI is InChI=1S/C20H25N5O4S.Na/c21-8-12-10-25-19(29-11-12)17(9-22-25)30(27,28)24-20(26)23-18-15-5-1-3-13(15)7-14-4-2-6-16(14)18;/h7,9,12H,1-6,8,10-11,21H2,(H2,23,24,26);/q;+1/p-1. The molecule has 3 aliphatic rings. The van der Waals surface area contributed by atoms with Crippen LogP contribution in [0.1, 0.15) is 35.1 Å². The van der Waals surface area contributed by atoms with Crippen molar-refractivity contribution in [1.82, 2.24) is 9.78 Å². The van der Waals surface area contributed by atoms with Gasteiger partial charge in [-0.05, 0) is 66.5 Å².